The predicted octanol–water partition coefficient (Wildman–Crippen LogP) is 3.49. The zero-order chi connectivity index (χ0) is 21.5. The largest absolute Gasteiger partial charge is 0.457 e. The first kappa shape index (κ1) is 20.9. The van der Waals surface area contributed by atoms with Crippen LogP contribution in [0.2, 0.25) is 0 Å². The summed E-state index contributed by atoms with van der Waals surface area (Å²) in [5.41, 5.74) is 2.46. The van der Waals surface area contributed by atoms with Gasteiger partial charge >= 0.3 is 17.8 Å². The number of benzene rings is 2. The highest BCUT2D eigenvalue weighted by molar-refractivity contribution is 9.10. The van der Waals surface area contributed by atoms with Crippen LogP contribution in [0.5, 0.6) is 5.75 Å². The van der Waals surface area contributed by atoms with Gasteiger partial charge in [-0.3, -0.25) is 9.59 Å². The Morgan fingerprint density at radius 1 is 1.07 bits per heavy atom. The molecule has 1 aromatic heterocycles. The standard InChI is InChI=1S/C20H13BrFN3O5/c21-13-5-8-16(15(22)10-13)24-18(26)19(27)25-23-11-12-3-6-14(7-4-12)30-20(28)17-2-1-9-29-17/h1-11H,(H,24,26)(H,25,27)/b23-11+. The van der Waals surface area contributed by atoms with Crippen LogP contribution < -0.4 is 15.5 Å². The van der Waals surface area contributed by atoms with Gasteiger partial charge in [0.05, 0.1) is 18.2 Å². The maximum absolute atomic E-state index is 13.7. The summed E-state index contributed by atoms with van der Waals surface area (Å²) in [7, 11) is 0. The minimum atomic E-state index is -1.08. The number of furan rings is 1. The van der Waals surface area contributed by atoms with Crippen molar-refractivity contribution in [2.24, 2.45) is 5.10 Å². The number of hydrogen-bond donors (Lipinski definition) is 2. The maximum Gasteiger partial charge on any atom is 0.379 e. The van der Waals surface area contributed by atoms with Crippen LogP contribution in [0.4, 0.5) is 10.1 Å². The molecule has 2 N–H and O–H groups in total. The molecule has 0 fully saturated rings. The molecule has 2 amide bonds. The van der Waals surface area contributed by atoms with Crippen molar-refractivity contribution < 1.29 is 27.9 Å². The van der Waals surface area contributed by atoms with Crippen LogP contribution in [-0.4, -0.2) is 24.0 Å². The van der Waals surface area contributed by atoms with Gasteiger partial charge < -0.3 is 14.5 Å². The second-order valence-electron chi connectivity index (χ2n) is 5.71. The number of rotatable bonds is 5. The molecule has 30 heavy (non-hydrogen) atoms. The van der Waals surface area contributed by atoms with Gasteiger partial charge in [-0.25, -0.2) is 14.6 Å². The number of carbonyl (C=O) groups is 3. The Bertz CT molecular complexity index is 1100. The van der Waals surface area contributed by atoms with Crippen LogP contribution >= 0.6 is 15.9 Å². The van der Waals surface area contributed by atoms with E-state index in [1.165, 1.54) is 42.8 Å². The van der Waals surface area contributed by atoms with Gasteiger partial charge in [0, 0.05) is 4.47 Å². The number of amides is 2. The second-order valence-corrected chi connectivity index (χ2v) is 6.63. The Balaban J connectivity index is 1.51. The number of esters is 1. The SMILES string of the molecule is O=C(N/N=C/c1ccc(OC(=O)c2ccco2)cc1)C(=O)Nc1ccc(Br)cc1F. The molecule has 0 aliphatic carbocycles. The lowest BCUT2D eigenvalue weighted by Crippen LogP contribution is -2.32. The molecular formula is C20H13BrFN3O5. The van der Waals surface area contributed by atoms with E-state index in [4.69, 9.17) is 9.15 Å². The summed E-state index contributed by atoms with van der Waals surface area (Å²) in [5.74, 6) is -3.12. The molecule has 3 rings (SSSR count). The van der Waals surface area contributed by atoms with Crippen LogP contribution in [0.25, 0.3) is 0 Å². The quantitative estimate of drug-likeness (QED) is 0.194. The first-order valence-electron chi connectivity index (χ1n) is 8.37. The second kappa shape index (κ2) is 9.61. The highest BCUT2D eigenvalue weighted by Crippen LogP contribution is 2.19. The van der Waals surface area contributed by atoms with E-state index < -0.39 is 23.6 Å². The first-order chi connectivity index (χ1) is 14.4. The molecule has 0 aliphatic heterocycles. The van der Waals surface area contributed by atoms with E-state index in [1.807, 2.05) is 5.43 Å². The van der Waals surface area contributed by atoms with Gasteiger partial charge in [0.1, 0.15) is 11.6 Å². The first-order valence-corrected chi connectivity index (χ1v) is 9.17. The minimum absolute atomic E-state index is 0.0737. The summed E-state index contributed by atoms with van der Waals surface area (Å²) in [6.45, 7) is 0. The van der Waals surface area contributed by atoms with E-state index >= 15 is 0 Å². The van der Waals surface area contributed by atoms with E-state index in [0.29, 0.717) is 10.0 Å². The molecule has 152 valence electrons. The van der Waals surface area contributed by atoms with Gasteiger partial charge in [-0.05, 0) is 60.2 Å². The number of hydrazone groups is 1. The van der Waals surface area contributed by atoms with Crippen LogP contribution in [0.3, 0.4) is 0 Å². The van der Waals surface area contributed by atoms with Gasteiger partial charge in [0.25, 0.3) is 0 Å². The molecule has 0 spiro atoms. The summed E-state index contributed by atoms with van der Waals surface area (Å²) in [6, 6.07) is 13.2. The zero-order valence-corrected chi connectivity index (χ0v) is 16.7. The monoisotopic (exact) mass is 473 g/mol. The molecule has 0 radical (unpaired) electrons. The van der Waals surface area contributed by atoms with E-state index in [1.54, 1.807) is 18.2 Å². The lowest BCUT2D eigenvalue weighted by molar-refractivity contribution is -0.136. The lowest BCUT2D eigenvalue weighted by Gasteiger charge is -2.05. The van der Waals surface area contributed by atoms with Gasteiger partial charge in [-0.1, -0.05) is 15.9 Å². The lowest BCUT2D eigenvalue weighted by atomic mass is 10.2. The van der Waals surface area contributed by atoms with Gasteiger partial charge in [0.15, 0.2) is 0 Å². The Morgan fingerprint density at radius 2 is 1.83 bits per heavy atom. The molecule has 0 aliphatic rings. The summed E-state index contributed by atoms with van der Waals surface area (Å²) >= 11 is 3.09. The molecular weight excluding hydrogens is 461 g/mol. The molecule has 0 unspecified atom stereocenters. The Hall–Kier alpha value is -3.79. The van der Waals surface area contributed by atoms with Crippen LogP contribution in [0.1, 0.15) is 16.1 Å². The Morgan fingerprint density at radius 3 is 2.50 bits per heavy atom. The highest BCUT2D eigenvalue weighted by atomic mass is 79.9. The fourth-order valence-electron chi connectivity index (χ4n) is 2.16. The van der Waals surface area contributed by atoms with Crippen molar-refractivity contribution in [2.75, 3.05) is 5.32 Å². The molecule has 3 aromatic rings. The predicted molar refractivity (Wildman–Crippen MR) is 109 cm³/mol. The fourth-order valence-corrected chi connectivity index (χ4v) is 2.49. The molecule has 0 atom stereocenters. The number of anilines is 1. The van der Waals surface area contributed by atoms with Crippen LogP contribution in [0.15, 0.2) is 74.9 Å². The van der Waals surface area contributed by atoms with Crippen molar-refractivity contribution >= 4 is 45.6 Å². The molecule has 0 saturated carbocycles. The van der Waals surface area contributed by atoms with E-state index in [9.17, 15) is 18.8 Å². The van der Waals surface area contributed by atoms with Gasteiger partial charge in [-0.15, -0.1) is 0 Å². The normalized spacial score (nSPS) is 10.6. The van der Waals surface area contributed by atoms with Crippen LogP contribution in [0, 0.1) is 5.82 Å². The molecule has 0 bridgehead atoms. The maximum atomic E-state index is 13.7. The van der Waals surface area contributed by atoms with Gasteiger partial charge in [0.2, 0.25) is 5.76 Å². The third kappa shape index (κ3) is 5.61. The smallest absolute Gasteiger partial charge is 0.379 e. The Kier molecular flexibility index (Phi) is 6.71. The van der Waals surface area contributed by atoms with Crippen molar-refractivity contribution in [2.45, 2.75) is 0 Å². The van der Waals surface area contributed by atoms with Crippen LogP contribution in [-0.2, 0) is 9.59 Å². The van der Waals surface area contributed by atoms with E-state index in [-0.39, 0.29) is 17.2 Å². The van der Waals surface area contributed by atoms with Crippen molar-refractivity contribution in [3.63, 3.8) is 0 Å². The van der Waals surface area contributed by atoms with Crippen molar-refractivity contribution in [1.29, 1.82) is 0 Å². The van der Waals surface area contributed by atoms with Crippen molar-refractivity contribution in [3.05, 3.63) is 82.5 Å². The number of nitrogens with zero attached hydrogens (tertiary/aromatic N) is 1. The van der Waals surface area contributed by atoms with Crippen molar-refractivity contribution in [1.82, 2.24) is 5.43 Å². The number of ether oxygens (including phenoxy) is 1. The number of halogens is 2. The topological polar surface area (TPSA) is 110 Å². The molecule has 2 aromatic carbocycles. The summed E-state index contributed by atoms with van der Waals surface area (Å²) in [5, 5.41) is 5.81. The zero-order valence-electron chi connectivity index (χ0n) is 15.1. The number of nitrogens with one attached hydrogen (secondary N) is 2. The molecule has 10 heteroatoms. The highest BCUT2D eigenvalue weighted by Gasteiger charge is 2.15. The number of hydrogen-bond acceptors (Lipinski definition) is 6. The third-order valence-corrected chi connectivity index (χ3v) is 4.07. The molecule has 1 heterocycles. The minimum Gasteiger partial charge on any atom is -0.457 e. The fraction of sp³-hybridized carbons (Fsp3) is 0. The Labute approximate surface area is 177 Å². The van der Waals surface area contributed by atoms with E-state index in [2.05, 4.69) is 26.3 Å². The average molecular weight is 474 g/mol. The van der Waals surface area contributed by atoms with Crippen molar-refractivity contribution in [3.8, 4) is 5.75 Å². The van der Waals surface area contributed by atoms with Gasteiger partial charge in [-0.2, -0.15) is 5.10 Å². The molecule has 0 saturated heterocycles. The molecule has 8 nitrogen and oxygen atoms in total. The average Bonchev–Trinajstić information content (AvgIpc) is 3.26. The van der Waals surface area contributed by atoms with E-state index in [0.717, 1.165) is 6.07 Å². The summed E-state index contributed by atoms with van der Waals surface area (Å²) < 4.78 is 24.3. The summed E-state index contributed by atoms with van der Waals surface area (Å²) in [6.07, 6.45) is 2.64. The third-order valence-electron chi connectivity index (χ3n) is 3.58. The number of carbonyl (C=O) groups excluding carboxylic acids is 3. The summed E-state index contributed by atoms with van der Waals surface area (Å²) in [4.78, 5) is 35.4.